The van der Waals surface area contributed by atoms with Crippen LogP contribution in [0, 0.1) is 0 Å². The van der Waals surface area contributed by atoms with E-state index in [9.17, 15) is 0 Å². The van der Waals surface area contributed by atoms with E-state index in [2.05, 4.69) is 6.07 Å². The van der Waals surface area contributed by atoms with Crippen molar-refractivity contribution in [2.24, 2.45) is 5.73 Å². The van der Waals surface area contributed by atoms with Crippen LogP contribution in [-0.2, 0) is 11.3 Å². The van der Waals surface area contributed by atoms with E-state index < -0.39 is 0 Å². The standard InChI is InChI=1S/C10H14N2O/c1-13-12-9-5-3-2-4-8(9)6-7-10(12)11/h2-5,10H,6-7,11H2,1H3. The van der Waals surface area contributed by atoms with E-state index in [1.807, 2.05) is 18.2 Å². The Hall–Kier alpha value is -1.06. The molecule has 0 radical (unpaired) electrons. The molecule has 0 amide bonds. The number of aryl methyl sites for hydroxylation is 1. The Kier molecular flexibility index (Phi) is 2.20. The summed E-state index contributed by atoms with van der Waals surface area (Å²) in [6.07, 6.45) is 1.97. The second kappa shape index (κ2) is 3.36. The van der Waals surface area contributed by atoms with E-state index >= 15 is 0 Å². The molecule has 0 fully saturated rings. The molecule has 2 rings (SSSR count). The first-order valence-electron chi connectivity index (χ1n) is 4.50. The van der Waals surface area contributed by atoms with Crippen LogP contribution in [0.5, 0.6) is 0 Å². The van der Waals surface area contributed by atoms with E-state index in [4.69, 9.17) is 10.6 Å². The molecule has 3 nitrogen and oxygen atoms in total. The lowest BCUT2D eigenvalue weighted by molar-refractivity contribution is 0.132. The van der Waals surface area contributed by atoms with Gasteiger partial charge in [-0.25, -0.2) is 5.06 Å². The van der Waals surface area contributed by atoms with Gasteiger partial charge in [0.05, 0.1) is 12.8 Å². The van der Waals surface area contributed by atoms with E-state index in [0.717, 1.165) is 18.5 Å². The molecular formula is C10H14N2O. The summed E-state index contributed by atoms with van der Waals surface area (Å²) in [5.74, 6) is 0. The molecule has 1 atom stereocenters. The van der Waals surface area contributed by atoms with Crippen LogP contribution in [0.15, 0.2) is 24.3 Å². The van der Waals surface area contributed by atoms with Crippen molar-refractivity contribution in [1.29, 1.82) is 0 Å². The summed E-state index contributed by atoms with van der Waals surface area (Å²) in [5.41, 5.74) is 8.32. The fourth-order valence-corrected chi connectivity index (χ4v) is 1.77. The Morgan fingerprint density at radius 1 is 1.46 bits per heavy atom. The fourth-order valence-electron chi connectivity index (χ4n) is 1.77. The summed E-state index contributed by atoms with van der Waals surface area (Å²) in [5, 5.41) is 1.78. The first-order chi connectivity index (χ1) is 6.33. The van der Waals surface area contributed by atoms with Crippen LogP contribution < -0.4 is 10.8 Å². The third kappa shape index (κ3) is 1.41. The molecule has 1 aromatic carbocycles. The van der Waals surface area contributed by atoms with E-state index in [0.29, 0.717) is 0 Å². The minimum absolute atomic E-state index is 0.0140. The molecule has 1 aliphatic heterocycles. The molecule has 0 bridgehead atoms. The van der Waals surface area contributed by atoms with Crippen molar-refractivity contribution in [3.05, 3.63) is 29.8 Å². The Morgan fingerprint density at radius 2 is 2.23 bits per heavy atom. The topological polar surface area (TPSA) is 38.5 Å². The zero-order chi connectivity index (χ0) is 9.26. The average molecular weight is 178 g/mol. The van der Waals surface area contributed by atoms with Gasteiger partial charge in [0.2, 0.25) is 0 Å². The largest absolute Gasteiger partial charge is 0.309 e. The van der Waals surface area contributed by atoms with Gasteiger partial charge in [0, 0.05) is 0 Å². The smallest absolute Gasteiger partial charge is 0.104 e. The maximum atomic E-state index is 5.91. The average Bonchev–Trinajstić information content (AvgIpc) is 2.18. The number of anilines is 1. The number of hydrogen-bond donors (Lipinski definition) is 1. The highest BCUT2D eigenvalue weighted by molar-refractivity contribution is 5.54. The summed E-state index contributed by atoms with van der Waals surface area (Å²) >= 11 is 0. The zero-order valence-electron chi connectivity index (χ0n) is 7.73. The lowest BCUT2D eigenvalue weighted by Crippen LogP contribution is -2.44. The second-order valence-corrected chi connectivity index (χ2v) is 3.24. The number of para-hydroxylation sites is 1. The Labute approximate surface area is 78.1 Å². The van der Waals surface area contributed by atoms with E-state index in [1.54, 1.807) is 12.2 Å². The first kappa shape index (κ1) is 8.53. The maximum absolute atomic E-state index is 5.91. The summed E-state index contributed by atoms with van der Waals surface area (Å²) in [4.78, 5) is 5.24. The van der Waals surface area contributed by atoms with Crippen molar-refractivity contribution in [2.45, 2.75) is 19.0 Å². The molecule has 1 aliphatic rings. The number of hydrogen-bond acceptors (Lipinski definition) is 3. The quantitative estimate of drug-likeness (QED) is 0.704. The highest BCUT2D eigenvalue weighted by Gasteiger charge is 2.22. The number of fused-ring (bicyclic) bond motifs is 1. The van der Waals surface area contributed by atoms with Crippen molar-refractivity contribution >= 4 is 5.69 Å². The van der Waals surface area contributed by atoms with E-state index in [1.165, 1.54) is 5.56 Å². The number of nitrogens with zero attached hydrogens (tertiary/aromatic N) is 1. The van der Waals surface area contributed by atoms with E-state index in [-0.39, 0.29) is 6.17 Å². The minimum atomic E-state index is -0.0140. The van der Waals surface area contributed by atoms with Gasteiger partial charge < -0.3 is 5.73 Å². The molecule has 1 heterocycles. The molecule has 2 N–H and O–H groups in total. The minimum Gasteiger partial charge on any atom is -0.309 e. The fraction of sp³-hybridized carbons (Fsp3) is 0.400. The predicted octanol–water partition coefficient (Wildman–Crippen LogP) is 1.29. The molecule has 3 heteroatoms. The van der Waals surface area contributed by atoms with Crippen LogP contribution in [0.1, 0.15) is 12.0 Å². The molecule has 0 saturated carbocycles. The zero-order valence-corrected chi connectivity index (χ0v) is 7.73. The van der Waals surface area contributed by atoms with Crippen LogP contribution in [0.4, 0.5) is 5.69 Å². The normalized spacial score (nSPS) is 21.4. The predicted molar refractivity (Wildman–Crippen MR) is 52.2 cm³/mol. The van der Waals surface area contributed by atoms with Gasteiger partial charge in [-0.2, -0.15) is 0 Å². The monoisotopic (exact) mass is 178 g/mol. The van der Waals surface area contributed by atoms with Gasteiger partial charge in [0.25, 0.3) is 0 Å². The lowest BCUT2D eigenvalue weighted by atomic mass is 10.0. The summed E-state index contributed by atoms with van der Waals surface area (Å²) in [7, 11) is 1.65. The van der Waals surface area contributed by atoms with Crippen molar-refractivity contribution in [3.8, 4) is 0 Å². The van der Waals surface area contributed by atoms with Gasteiger partial charge in [-0.1, -0.05) is 18.2 Å². The number of hydroxylamine groups is 1. The van der Waals surface area contributed by atoms with Gasteiger partial charge in [0.1, 0.15) is 6.17 Å². The Bertz CT molecular complexity index is 301. The third-order valence-corrected chi connectivity index (χ3v) is 2.44. The molecular weight excluding hydrogens is 164 g/mol. The Morgan fingerprint density at radius 3 is 3.00 bits per heavy atom. The van der Waals surface area contributed by atoms with Gasteiger partial charge in [0.15, 0.2) is 0 Å². The number of benzene rings is 1. The summed E-state index contributed by atoms with van der Waals surface area (Å²) in [6.45, 7) is 0. The molecule has 1 aromatic rings. The molecule has 0 aliphatic carbocycles. The maximum Gasteiger partial charge on any atom is 0.104 e. The lowest BCUT2D eigenvalue weighted by Gasteiger charge is -2.34. The van der Waals surface area contributed by atoms with Crippen molar-refractivity contribution in [3.63, 3.8) is 0 Å². The second-order valence-electron chi connectivity index (χ2n) is 3.24. The third-order valence-electron chi connectivity index (χ3n) is 2.44. The molecule has 13 heavy (non-hydrogen) atoms. The Balaban J connectivity index is 2.39. The molecule has 0 spiro atoms. The number of nitrogens with two attached hydrogens (primary N) is 1. The first-order valence-corrected chi connectivity index (χ1v) is 4.50. The molecule has 0 aromatic heterocycles. The van der Waals surface area contributed by atoms with Crippen molar-refractivity contribution in [1.82, 2.24) is 0 Å². The highest BCUT2D eigenvalue weighted by atomic mass is 16.7. The van der Waals surface area contributed by atoms with Gasteiger partial charge in [-0.3, -0.25) is 4.84 Å². The van der Waals surface area contributed by atoms with Crippen molar-refractivity contribution in [2.75, 3.05) is 12.2 Å². The van der Waals surface area contributed by atoms with Gasteiger partial charge in [-0.05, 0) is 24.5 Å². The van der Waals surface area contributed by atoms with Crippen LogP contribution in [0.3, 0.4) is 0 Å². The van der Waals surface area contributed by atoms with Gasteiger partial charge in [-0.15, -0.1) is 0 Å². The van der Waals surface area contributed by atoms with Crippen molar-refractivity contribution < 1.29 is 4.84 Å². The molecule has 70 valence electrons. The van der Waals surface area contributed by atoms with Gasteiger partial charge >= 0.3 is 0 Å². The summed E-state index contributed by atoms with van der Waals surface area (Å²) in [6, 6.07) is 8.21. The van der Waals surface area contributed by atoms with Crippen LogP contribution in [0.25, 0.3) is 0 Å². The SMILES string of the molecule is CON1c2ccccc2CCC1N. The van der Waals surface area contributed by atoms with Crippen LogP contribution in [-0.4, -0.2) is 13.3 Å². The summed E-state index contributed by atoms with van der Waals surface area (Å²) < 4.78 is 0. The van der Waals surface area contributed by atoms with Crippen LogP contribution in [0.2, 0.25) is 0 Å². The number of rotatable bonds is 1. The highest BCUT2D eigenvalue weighted by Crippen LogP contribution is 2.28. The molecule has 0 saturated heterocycles. The van der Waals surface area contributed by atoms with Crippen LogP contribution >= 0.6 is 0 Å². The molecule has 1 unspecified atom stereocenters.